The molecule has 0 bridgehead atoms. The molecule has 0 saturated carbocycles. The first kappa shape index (κ1) is 15.6. The molecule has 1 aromatic rings. The summed E-state index contributed by atoms with van der Waals surface area (Å²) >= 11 is 0. The molecule has 122 valence electrons. The van der Waals surface area contributed by atoms with E-state index in [0.717, 1.165) is 45.5 Å². The molecular weight excluding hydrogens is 280 g/mol. The summed E-state index contributed by atoms with van der Waals surface area (Å²) in [5.74, 6) is 0.104. The van der Waals surface area contributed by atoms with Crippen LogP contribution in [0.25, 0.3) is 0 Å². The summed E-state index contributed by atoms with van der Waals surface area (Å²) in [6.07, 6.45) is 8.92. The lowest BCUT2D eigenvalue weighted by Crippen LogP contribution is -2.53. The summed E-state index contributed by atoms with van der Waals surface area (Å²) in [6.45, 7) is 4.84. The van der Waals surface area contributed by atoms with E-state index < -0.39 is 0 Å². The molecule has 5 heteroatoms. The van der Waals surface area contributed by atoms with Crippen LogP contribution in [0.1, 0.15) is 42.5 Å². The summed E-state index contributed by atoms with van der Waals surface area (Å²) in [4.78, 5) is 17.0. The molecule has 2 aliphatic rings. The van der Waals surface area contributed by atoms with Gasteiger partial charge in [-0.15, -0.1) is 0 Å². The maximum absolute atomic E-state index is 12.4. The lowest BCUT2D eigenvalue weighted by molar-refractivity contribution is 0.0382. The Balaban J connectivity index is 1.57. The smallest absolute Gasteiger partial charge is 0.257 e. The third kappa shape index (κ3) is 3.06. The third-order valence-electron chi connectivity index (χ3n) is 5.27. The minimum Gasteiger partial charge on any atom is -0.472 e. The first-order chi connectivity index (χ1) is 10.7. The molecular formula is C17H26N2O3. The second-order valence-corrected chi connectivity index (χ2v) is 6.47. The Bertz CT molecular complexity index is 478. The van der Waals surface area contributed by atoms with Crippen LogP contribution in [0.5, 0.6) is 0 Å². The molecule has 0 atom stereocenters. The van der Waals surface area contributed by atoms with E-state index in [1.54, 1.807) is 25.7 Å². The molecule has 0 N–H and O–H groups in total. The Labute approximate surface area is 132 Å². The van der Waals surface area contributed by atoms with Crippen molar-refractivity contribution in [3.8, 4) is 0 Å². The average Bonchev–Trinajstić information content (AvgIpc) is 3.19. The van der Waals surface area contributed by atoms with Crippen molar-refractivity contribution in [2.24, 2.45) is 0 Å². The molecule has 0 aliphatic carbocycles. The number of methoxy groups -OCH3 is 1. The van der Waals surface area contributed by atoms with Crippen molar-refractivity contribution >= 4 is 5.91 Å². The van der Waals surface area contributed by atoms with Gasteiger partial charge in [-0.3, -0.25) is 9.69 Å². The highest BCUT2D eigenvalue weighted by atomic mass is 16.5. The molecule has 1 spiro atoms. The highest BCUT2D eigenvalue weighted by Gasteiger charge is 2.43. The highest BCUT2D eigenvalue weighted by molar-refractivity contribution is 5.93. The number of rotatable bonds is 5. The van der Waals surface area contributed by atoms with Gasteiger partial charge in [0.2, 0.25) is 0 Å². The zero-order chi connectivity index (χ0) is 15.4. The number of likely N-dealkylation sites (tertiary alicyclic amines) is 2. The molecule has 1 aromatic heterocycles. The van der Waals surface area contributed by atoms with E-state index in [9.17, 15) is 4.79 Å². The van der Waals surface area contributed by atoms with Crippen molar-refractivity contribution in [3.63, 3.8) is 0 Å². The monoisotopic (exact) mass is 306 g/mol. The second-order valence-electron chi connectivity index (χ2n) is 6.47. The van der Waals surface area contributed by atoms with Crippen LogP contribution < -0.4 is 0 Å². The number of hydrogen-bond donors (Lipinski definition) is 0. The highest BCUT2D eigenvalue weighted by Crippen LogP contribution is 2.38. The minimum absolute atomic E-state index is 0.104. The summed E-state index contributed by atoms with van der Waals surface area (Å²) in [5, 5.41) is 0. The predicted octanol–water partition coefficient (Wildman–Crippen LogP) is 2.39. The van der Waals surface area contributed by atoms with Gasteiger partial charge in [0.05, 0.1) is 11.8 Å². The van der Waals surface area contributed by atoms with Gasteiger partial charge in [0, 0.05) is 38.9 Å². The number of ether oxygens (including phenoxy) is 1. The van der Waals surface area contributed by atoms with Crippen molar-refractivity contribution in [2.75, 3.05) is 39.9 Å². The fraction of sp³-hybridized carbons (Fsp3) is 0.706. The van der Waals surface area contributed by atoms with Crippen LogP contribution in [0.3, 0.4) is 0 Å². The van der Waals surface area contributed by atoms with Gasteiger partial charge in [-0.2, -0.15) is 0 Å². The minimum atomic E-state index is 0.104. The van der Waals surface area contributed by atoms with E-state index in [-0.39, 0.29) is 5.91 Å². The molecule has 22 heavy (non-hydrogen) atoms. The fourth-order valence-electron chi connectivity index (χ4n) is 4.00. The summed E-state index contributed by atoms with van der Waals surface area (Å²) in [5.41, 5.74) is 0.986. The normalized spacial score (nSPS) is 21.6. The van der Waals surface area contributed by atoms with Crippen molar-refractivity contribution < 1.29 is 13.9 Å². The standard InChI is InChI=1S/C17H26N2O3/c1-21-12-3-9-19-8-2-5-17(19)6-10-18(11-7-17)16(20)15-4-13-22-14-15/h4,13-14H,2-3,5-12H2,1H3. The quantitative estimate of drug-likeness (QED) is 0.784. The topological polar surface area (TPSA) is 45.9 Å². The van der Waals surface area contributed by atoms with E-state index in [0.29, 0.717) is 11.1 Å². The van der Waals surface area contributed by atoms with E-state index in [1.165, 1.54) is 19.4 Å². The number of amides is 1. The van der Waals surface area contributed by atoms with Gasteiger partial charge in [0.15, 0.2) is 0 Å². The first-order valence-corrected chi connectivity index (χ1v) is 8.31. The zero-order valence-corrected chi connectivity index (χ0v) is 13.4. The number of piperidine rings is 1. The largest absolute Gasteiger partial charge is 0.472 e. The van der Waals surface area contributed by atoms with E-state index in [4.69, 9.17) is 9.15 Å². The van der Waals surface area contributed by atoms with Gasteiger partial charge in [-0.25, -0.2) is 0 Å². The van der Waals surface area contributed by atoms with Gasteiger partial charge >= 0.3 is 0 Å². The first-order valence-electron chi connectivity index (χ1n) is 8.31. The number of carbonyl (C=O) groups is 1. The van der Waals surface area contributed by atoms with E-state index in [2.05, 4.69) is 4.90 Å². The van der Waals surface area contributed by atoms with Crippen LogP contribution in [0.4, 0.5) is 0 Å². The van der Waals surface area contributed by atoms with Gasteiger partial charge in [0.1, 0.15) is 6.26 Å². The van der Waals surface area contributed by atoms with Crippen LogP contribution in [0, 0.1) is 0 Å². The number of nitrogens with zero attached hydrogens (tertiary/aromatic N) is 2. The van der Waals surface area contributed by atoms with Gasteiger partial charge in [-0.05, 0) is 44.7 Å². The maximum Gasteiger partial charge on any atom is 0.257 e. The molecule has 2 aliphatic heterocycles. The Morgan fingerprint density at radius 3 is 2.82 bits per heavy atom. The van der Waals surface area contributed by atoms with Crippen LogP contribution in [0.15, 0.2) is 23.0 Å². The van der Waals surface area contributed by atoms with E-state index in [1.807, 2.05) is 4.90 Å². The van der Waals surface area contributed by atoms with Crippen molar-refractivity contribution in [2.45, 2.75) is 37.6 Å². The van der Waals surface area contributed by atoms with Crippen molar-refractivity contribution in [1.29, 1.82) is 0 Å². The molecule has 2 saturated heterocycles. The SMILES string of the molecule is COCCCN1CCCC12CCN(C(=O)c1ccoc1)CC2. The van der Waals surface area contributed by atoms with Crippen LogP contribution in [0.2, 0.25) is 0 Å². The average molecular weight is 306 g/mol. The van der Waals surface area contributed by atoms with Gasteiger partial charge < -0.3 is 14.1 Å². The molecule has 3 rings (SSSR count). The Morgan fingerprint density at radius 1 is 1.32 bits per heavy atom. The summed E-state index contributed by atoms with van der Waals surface area (Å²) in [7, 11) is 1.76. The maximum atomic E-state index is 12.4. The molecule has 1 amide bonds. The van der Waals surface area contributed by atoms with Crippen molar-refractivity contribution in [3.05, 3.63) is 24.2 Å². The molecule has 3 heterocycles. The zero-order valence-electron chi connectivity index (χ0n) is 13.4. The molecule has 0 unspecified atom stereocenters. The van der Waals surface area contributed by atoms with Crippen LogP contribution in [-0.2, 0) is 4.74 Å². The van der Waals surface area contributed by atoms with Gasteiger partial charge in [0.25, 0.3) is 5.91 Å². The van der Waals surface area contributed by atoms with Crippen LogP contribution >= 0.6 is 0 Å². The molecule has 0 aromatic carbocycles. The number of carbonyl (C=O) groups excluding carboxylic acids is 1. The third-order valence-corrected chi connectivity index (χ3v) is 5.27. The lowest BCUT2D eigenvalue weighted by Gasteiger charge is -2.45. The van der Waals surface area contributed by atoms with Gasteiger partial charge in [-0.1, -0.05) is 0 Å². The Kier molecular flexibility index (Phi) is 4.84. The Hall–Kier alpha value is -1.33. The summed E-state index contributed by atoms with van der Waals surface area (Å²) < 4.78 is 10.2. The van der Waals surface area contributed by atoms with Crippen LogP contribution in [-0.4, -0.2) is 61.1 Å². The molecule has 0 radical (unpaired) electrons. The summed E-state index contributed by atoms with van der Waals surface area (Å²) in [6, 6.07) is 1.75. The predicted molar refractivity (Wildman–Crippen MR) is 83.9 cm³/mol. The number of hydrogen-bond acceptors (Lipinski definition) is 4. The molecule has 2 fully saturated rings. The second kappa shape index (κ2) is 6.84. The number of furan rings is 1. The van der Waals surface area contributed by atoms with E-state index >= 15 is 0 Å². The molecule has 5 nitrogen and oxygen atoms in total. The lowest BCUT2D eigenvalue weighted by atomic mass is 9.84. The Morgan fingerprint density at radius 2 is 2.14 bits per heavy atom. The fourth-order valence-corrected chi connectivity index (χ4v) is 4.00. The van der Waals surface area contributed by atoms with Crippen molar-refractivity contribution in [1.82, 2.24) is 9.80 Å².